The summed E-state index contributed by atoms with van der Waals surface area (Å²) in [6.07, 6.45) is 1.76. The maximum atomic E-state index is 12.6. The lowest BCUT2D eigenvalue weighted by Crippen LogP contribution is -2.42. The molecule has 0 radical (unpaired) electrons. The maximum absolute atomic E-state index is 12.6. The van der Waals surface area contributed by atoms with Gasteiger partial charge in [0, 0.05) is 13.0 Å². The normalized spacial score (nSPS) is 13.2. The Balaban J connectivity index is 1.61. The predicted octanol–water partition coefficient (Wildman–Crippen LogP) is 2.57. The highest BCUT2D eigenvalue weighted by Gasteiger charge is 2.33. The second kappa shape index (κ2) is 9.58. The highest BCUT2D eigenvalue weighted by Crippen LogP contribution is 2.33. The van der Waals surface area contributed by atoms with E-state index in [0.29, 0.717) is 23.6 Å². The second-order valence-corrected chi connectivity index (χ2v) is 7.32. The van der Waals surface area contributed by atoms with Crippen molar-refractivity contribution in [3.8, 4) is 0 Å². The van der Waals surface area contributed by atoms with Crippen molar-refractivity contribution in [2.75, 3.05) is 25.0 Å². The molecule has 1 aliphatic rings. The number of anilines is 1. The summed E-state index contributed by atoms with van der Waals surface area (Å²) >= 11 is 0. The summed E-state index contributed by atoms with van der Waals surface area (Å²) in [5, 5.41) is 0. The largest absolute Gasteiger partial charge is 0.454 e. The van der Waals surface area contributed by atoms with Crippen molar-refractivity contribution in [3.63, 3.8) is 0 Å². The van der Waals surface area contributed by atoms with Crippen molar-refractivity contribution in [1.82, 2.24) is 15.8 Å². The molecule has 1 aliphatic carbocycles. The average Bonchev–Trinajstić information content (AvgIpc) is 3.52. The van der Waals surface area contributed by atoms with Crippen LogP contribution in [0.4, 0.5) is 5.69 Å². The van der Waals surface area contributed by atoms with E-state index in [1.54, 1.807) is 43.4 Å². The van der Waals surface area contributed by atoms with Crippen LogP contribution < -0.4 is 15.8 Å². The van der Waals surface area contributed by atoms with Crippen molar-refractivity contribution >= 4 is 23.4 Å². The molecule has 1 saturated carbocycles. The van der Waals surface area contributed by atoms with Crippen LogP contribution in [0.1, 0.15) is 53.4 Å². The number of rotatable bonds is 8. The lowest BCUT2D eigenvalue weighted by Gasteiger charge is -2.20. The van der Waals surface area contributed by atoms with Gasteiger partial charge in [0.25, 0.3) is 5.91 Å². The first-order chi connectivity index (χ1) is 14.4. The van der Waals surface area contributed by atoms with E-state index < -0.39 is 11.8 Å². The van der Waals surface area contributed by atoms with Gasteiger partial charge in [0.2, 0.25) is 5.91 Å². The third-order valence-electron chi connectivity index (χ3n) is 5.22. The Labute approximate surface area is 176 Å². The Morgan fingerprint density at radius 3 is 2.33 bits per heavy atom. The number of carbonyl (C=O) groups excluding carboxylic acids is 3. The summed E-state index contributed by atoms with van der Waals surface area (Å²) in [7, 11) is 1.66. The number of para-hydroxylation sites is 1. The number of nitrogens with one attached hydrogen (secondary N) is 2. The monoisotopic (exact) mass is 412 g/mol. The number of nitrogens with zero attached hydrogens (tertiary/aromatic N) is 2. The van der Waals surface area contributed by atoms with E-state index >= 15 is 0 Å². The van der Waals surface area contributed by atoms with Crippen molar-refractivity contribution in [2.24, 2.45) is 5.92 Å². The van der Waals surface area contributed by atoms with Crippen LogP contribution in [-0.2, 0) is 11.3 Å². The number of benzene rings is 1. The molecule has 0 saturated heterocycles. The van der Waals surface area contributed by atoms with E-state index in [-0.39, 0.29) is 17.6 Å². The summed E-state index contributed by atoms with van der Waals surface area (Å²) in [6.45, 7) is 6.49. The van der Waals surface area contributed by atoms with Gasteiger partial charge in [0.1, 0.15) is 5.76 Å². The van der Waals surface area contributed by atoms with Gasteiger partial charge in [-0.05, 0) is 50.2 Å². The smallest absolute Gasteiger partial charge is 0.305 e. The van der Waals surface area contributed by atoms with Gasteiger partial charge in [-0.1, -0.05) is 26.0 Å². The van der Waals surface area contributed by atoms with Gasteiger partial charge >= 0.3 is 5.91 Å². The van der Waals surface area contributed by atoms with Gasteiger partial charge < -0.3 is 9.32 Å². The van der Waals surface area contributed by atoms with Gasteiger partial charge in [0.05, 0.1) is 17.8 Å². The highest BCUT2D eigenvalue weighted by molar-refractivity contribution is 6.06. The van der Waals surface area contributed by atoms with E-state index in [2.05, 4.69) is 29.6 Å². The Kier molecular flexibility index (Phi) is 6.89. The molecule has 3 amide bonds. The molecular formula is C22H28N4O4. The van der Waals surface area contributed by atoms with Crippen molar-refractivity contribution < 1.29 is 18.8 Å². The van der Waals surface area contributed by atoms with Crippen LogP contribution in [0.15, 0.2) is 40.8 Å². The quantitative estimate of drug-likeness (QED) is 0.650. The number of hydrogen-bond donors (Lipinski definition) is 2. The van der Waals surface area contributed by atoms with Crippen LogP contribution in [0.25, 0.3) is 0 Å². The fourth-order valence-corrected chi connectivity index (χ4v) is 3.18. The minimum Gasteiger partial charge on any atom is -0.454 e. The molecule has 0 bridgehead atoms. The molecule has 0 unspecified atom stereocenters. The summed E-state index contributed by atoms with van der Waals surface area (Å²) in [4.78, 5) is 41.0. The molecule has 160 valence electrons. The molecule has 8 nitrogen and oxygen atoms in total. The Morgan fingerprint density at radius 2 is 1.67 bits per heavy atom. The molecule has 2 aromatic rings. The van der Waals surface area contributed by atoms with Crippen LogP contribution >= 0.6 is 0 Å². The fourth-order valence-electron chi connectivity index (χ4n) is 3.18. The molecule has 3 rings (SSSR count). The predicted molar refractivity (Wildman–Crippen MR) is 113 cm³/mol. The summed E-state index contributed by atoms with van der Waals surface area (Å²) in [5.41, 5.74) is 5.58. The summed E-state index contributed by atoms with van der Waals surface area (Å²) in [5.74, 6) is -0.225. The number of hydrazine groups is 1. The minimum atomic E-state index is -0.547. The SMILES string of the molecule is CCN(CC)Cc1ccc(C(=O)NNC(=O)c2ccccc2N(C)C(=O)C2CC2)o1. The maximum Gasteiger partial charge on any atom is 0.305 e. The molecule has 0 spiro atoms. The summed E-state index contributed by atoms with van der Waals surface area (Å²) in [6, 6.07) is 10.1. The molecule has 0 aliphatic heterocycles. The number of hydrogen-bond acceptors (Lipinski definition) is 5. The zero-order valence-corrected chi connectivity index (χ0v) is 17.6. The minimum absolute atomic E-state index is 0.00407. The number of carbonyl (C=O) groups is 3. The van der Waals surface area contributed by atoms with Crippen LogP contribution in [0.2, 0.25) is 0 Å². The lowest BCUT2D eigenvalue weighted by molar-refractivity contribution is -0.119. The molecule has 1 aromatic heterocycles. The zero-order chi connectivity index (χ0) is 21.7. The first kappa shape index (κ1) is 21.6. The van der Waals surface area contributed by atoms with Crippen LogP contribution in [0, 0.1) is 5.92 Å². The average molecular weight is 412 g/mol. The van der Waals surface area contributed by atoms with E-state index in [9.17, 15) is 14.4 Å². The molecule has 0 atom stereocenters. The topological polar surface area (TPSA) is 94.9 Å². The van der Waals surface area contributed by atoms with Gasteiger partial charge in [0.15, 0.2) is 5.76 Å². The Bertz CT molecular complexity index is 915. The van der Waals surface area contributed by atoms with Gasteiger partial charge in [-0.2, -0.15) is 0 Å². The van der Waals surface area contributed by atoms with Crippen molar-refractivity contribution in [2.45, 2.75) is 33.2 Å². The van der Waals surface area contributed by atoms with Gasteiger partial charge in [-0.3, -0.25) is 30.1 Å². The number of amides is 3. The molecular weight excluding hydrogens is 384 g/mol. The molecule has 30 heavy (non-hydrogen) atoms. The second-order valence-electron chi connectivity index (χ2n) is 7.32. The molecule has 1 heterocycles. The fraction of sp³-hybridized carbons (Fsp3) is 0.409. The van der Waals surface area contributed by atoms with Gasteiger partial charge in [-0.15, -0.1) is 0 Å². The van der Waals surface area contributed by atoms with E-state index in [0.717, 1.165) is 25.9 Å². The van der Waals surface area contributed by atoms with Crippen LogP contribution in [0.3, 0.4) is 0 Å². The number of furan rings is 1. The Morgan fingerprint density at radius 1 is 1.00 bits per heavy atom. The standard InChI is InChI=1S/C22H28N4O4/c1-4-26(5-2)14-16-12-13-19(30-16)21(28)24-23-20(27)17-8-6-7-9-18(17)25(3)22(29)15-10-11-15/h6-9,12-13,15H,4-5,10-11,14H2,1-3H3,(H,23,27)(H,24,28). The van der Waals surface area contributed by atoms with Gasteiger partial charge in [-0.25, -0.2) is 0 Å². The van der Waals surface area contributed by atoms with Crippen molar-refractivity contribution in [3.05, 3.63) is 53.5 Å². The molecule has 1 aromatic carbocycles. The first-order valence-electron chi connectivity index (χ1n) is 10.2. The first-order valence-corrected chi connectivity index (χ1v) is 10.2. The van der Waals surface area contributed by atoms with E-state index in [1.165, 1.54) is 4.90 Å². The third kappa shape index (κ3) is 5.07. The summed E-state index contributed by atoms with van der Waals surface area (Å²) < 4.78 is 5.59. The highest BCUT2D eigenvalue weighted by atomic mass is 16.4. The Hall–Kier alpha value is -3.13. The zero-order valence-electron chi connectivity index (χ0n) is 17.6. The third-order valence-corrected chi connectivity index (χ3v) is 5.22. The van der Waals surface area contributed by atoms with E-state index in [4.69, 9.17) is 4.42 Å². The lowest BCUT2D eigenvalue weighted by atomic mass is 10.1. The van der Waals surface area contributed by atoms with Crippen LogP contribution in [-0.4, -0.2) is 42.8 Å². The van der Waals surface area contributed by atoms with E-state index in [1.807, 2.05) is 0 Å². The molecule has 8 heteroatoms. The molecule has 2 N–H and O–H groups in total. The van der Waals surface area contributed by atoms with Crippen molar-refractivity contribution in [1.29, 1.82) is 0 Å². The van der Waals surface area contributed by atoms with Crippen LogP contribution in [0.5, 0.6) is 0 Å². The molecule has 1 fully saturated rings.